The summed E-state index contributed by atoms with van der Waals surface area (Å²) < 4.78 is 21.2. The van der Waals surface area contributed by atoms with Crippen LogP contribution < -0.4 is 10.4 Å². The van der Waals surface area contributed by atoms with Crippen LogP contribution in [0.15, 0.2) is 76.0 Å². The van der Waals surface area contributed by atoms with Crippen molar-refractivity contribution in [2.75, 3.05) is 13.2 Å². The molecule has 9 heteroatoms. The summed E-state index contributed by atoms with van der Waals surface area (Å²) in [4.78, 5) is 59.1. The molecule has 0 spiro atoms. The number of ketones is 1. The summed E-state index contributed by atoms with van der Waals surface area (Å²) in [5, 5.41) is 0.692. The molecule has 0 aliphatic rings. The summed E-state index contributed by atoms with van der Waals surface area (Å²) in [6, 6.07) is 11.7. The molecular weight excluding hydrogens is 528 g/mol. The zero-order valence-electron chi connectivity index (χ0n) is 23.4. The number of aryl methyl sites for hydroxylation is 2. The number of hydrogen-bond donors (Lipinski definition) is 0. The van der Waals surface area contributed by atoms with Crippen LogP contribution in [0.1, 0.15) is 44.7 Å². The molecule has 1 heterocycles. The van der Waals surface area contributed by atoms with E-state index in [1.54, 1.807) is 32.0 Å². The third kappa shape index (κ3) is 8.60. The maximum absolute atomic E-state index is 13.0. The van der Waals surface area contributed by atoms with Gasteiger partial charge < -0.3 is 18.6 Å². The summed E-state index contributed by atoms with van der Waals surface area (Å²) >= 11 is 0. The second kappa shape index (κ2) is 14.0. The predicted molar refractivity (Wildman–Crippen MR) is 152 cm³/mol. The van der Waals surface area contributed by atoms with Gasteiger partial charge in [-0.1, -0.05) is 31.4 Å². The van der Waals surface area contributed by atoms with Gasteiger partial charge in [-0.2, -0.15) is 0 Å². The smallest absolute Gasteiger partial charge is 0.379 e. The molecule has 0 unspecified atom stereocenters. The minimum absolute atomic E-state index is 0.170. The minimum atomic E-state index is -0.980. The lowest BCUT2D eigenvalue weighted by atomic mass is 9.98. The maximum Gasteiger partial charge on any atom is 0.379 e. The van der Waals surface area contributed by atoms with E-state index in [0.717, 1.165) is 18.1 Å². The lowest BCUT2D eigenvalue weighted by molar-refractivity contribution is -0.146. The molecule has 0 aliphatic heterocycles. The first-order chi connectivity index (χ1) is 19.5. The van der Waals surface area contributed by atoms with Gasteiger partial charge in [0.15, 0.2) is 0 Å². The molecule has 0 aliphatic carbocycles. The van der Waals surface area contributed by atoms with Gasteiger partial charge in [0, 0.05) is 23.5 Å². The molecule has 9 nitrogen and oxygen atoms in total. The number of esters is 3. The fourth-order valence-corrected chi connectivity index (χ4v) is 3.90. The van der Waals surface area contributed by atoms with Crippen molar-refractivity contribution in [1.29, 1.82) is 0 Å². The van der Waals surface area contributed by atoms with Gasteiger partial charge in [-0.15, -0.1) is 0 Å². The Balaban J connectivity index is 1.89. The minimum Gasteiger partial charge on any atom is -0.462 e. The van der Waals surface area contributed by atoms with Crippen molar-refractivity contribution in [3.05, 3.63) is 88.3 Å². The van der Waals surface area contributed by atoms with Crippen LogP contribution in [-0.4, -0.2) is 36.9 Å². The molecule has 0 saturated heterocycles. The zero-order valence-corrected chi connectivity index (χ0v) is 23.4. The summed E-state index contributed by atoms with van der Waals surface area (Å²) in [7, 11) is 0. The van der Waals surface area contributed by atoms with Crippen LogP contribution in [0.5, 0.6) is 5.75 Å². The van der Waals surface area contributed by atoms with Crippen molar-refractivity contribution in [2.24, 2.45) is 0 Å². The lowest BCUT2D eigenvalue weighted by Crippen LogP contribution is -2.16. The second-order valence-electron chi connectivity index (χ2n) is 9.63. The number of benzene rings is 2. The molecule has 2 aromatic carbocycles. The van der Waals surface area contributed by atoms with Gasteiger partial charge in [-0.25, -0.2) is 19.2 Å². The van der Waals surface area contributed by atoms with Crippen molar-refractivity contribution in [3.8, 4) is 16.9 Å². The summed E-state index contributed by atoms with van der Waals surface area (Å²) in [6.45, 7) is 11.8. The average molecular weight is 561 g/mol. The summed E-state index contributed by atoms with van der Waals surface area (Å²) in [5.74, 6) is -2.44. The highest BCUT2D eigenvalue weighted by Gasteiger charge is 2.15. The van der Waals surface area contributed by atoms with E-state index in [2.05, 4.69) is 13.2 Å². The Labute approximate surface area is 237 Å². The van der Waals surface area contributed by atoms with E-state index in [1.807, 2.05) is 12.1 Å². The normalized spacial score (nSPS) is 10.6. The van der Waals surface area contributed by atoms with Crippen molar-refractivity contribution in [1.82, 2.24) is 0 Å². The number of ether oxygens (including phenoxy) is 3. The van der Waals surface area contributed by atoms with Crippen LogP contribution in [0, 0.1) is 0 Å². The Bertz CT molecular complexity index is 1560. The largest absolute Gasteiger partial charge is 0.462 e. The Morgan fingerprint density at radius 2 is 1.37 bits per heavy atom. The van der Waals surface area contributed by atoms with Gasteiger partial charge in [0.2, 0.25) is 5.78 Å². The molecule has 41 heavy (non-hydrogen) atoms. The number of hydrogen-bond acceptors (Lipinski definition) is 9. The van der Waals surface area contributed by atoms with Gasteiger partial charge >= 0.3 is 23.5 Å². The molecular formula is C32H32O9. The molecule has 1 aromatic heterocycles. The quantitative estimate of drug-likeness (QED) is 0.0704. The Morgan fingerprint density at radius 3 is 1.93 bits per heavy atom. The molecule has 0 saturated carbocycles. The molecule has 214 valence electrons. The Kier molecular flexibility index (Phi) is 10.5. The van der Waals surface area contributed by atoms with Gasteiger partial charge in [0.05, 0.1) is 18.8 Å². The number of rotatable bonds is 13. The maximum atomic E-state index is 13.0. The highest BCUT2D eigenvalue weighted by Crippen LogP contribution is 2.27. The fraction of sp³-hybridized carbons (Fsp3) is 0.281. The predicted octanol–water partition coefficient (Wildman–Crippen LogP) is 5.06. The first-order valence-corrected chi connectivity index (χ1v) is 13.0. The monoisotopic (exact) mass is 560 g/mol. The molecule has 0 atom stereocenters. The summed E-state index contributed by atoms with van der Waals surface area (Å²) in [5.41, 5.74) is 3.08. The molecule has 0 bridgehead atoms. The van der Waals surface area contributed by atoms with E-state index < -0.39 is 29.3 Å². The molecule has 0 radical (unpaired) electrons. The van der Waals surface area contributed by atoms with Crippen LogP contribution in [0.25, 0.3) is 22.1 Å². The molecule has 3 aromatic rings. The first-order valence-electron chi connectivity index (χ1n) is 13.0. The summed E-state index contributed by atoms with van der Waals surface area (Å²) in [6.07, 6.45) is 2.16. The van der Waals surface area contributed by atoms with Crippen molar-refractivity contribution < 1.29 is 37.8 Å². The van der Waals surface area contributed by atoms with E-state index >= 15 is 0 Å². The topological polar surface area (TPSA) is 126 Å². The van der Waals surface area contributed by atoms with Crippen molar-refractivity contribution in [3.63, 3.8) is 0 Å². The number of carbonyl (C=O) groups is 4. The van der Waals surface area contributed by atoms with Crippen LogP contribution in [0.4, 0.5) is 0 Å². The SMILES string of the molecule is C=C(C)C(=O)OCCCc1cc(CCCOC(=O)C(=C)C)c2oc(=O)c(-c3ccc(OC(=O)C(C)=O)cc3)cc2c1. The van der Waals surface area contributed by atoms with Crippen LogP contribution in [-0.2, 0) is 41.5 Å². The van der Waals surface area contributed by atoms with E-state index in [0.29, 0.717) is 58.9 Å². The van der Waals surface area contributed by atoms with Gasteiger partial charge in [0.25, 0.3) is 0 Å². The zero-order chi connectivity index (χ0) is 30.1. The van der Waals surface area contributed by atoms with Crippen molar-refractivity contribution in [2.45, 2.75) is 46.5 Å². The number of fused-ring (bicyclic) bond motifs is 1. The number of carbonyl (C=O) groups excluding carboxylic acids is 4. The molecule has 0 amide bonds. The Hall–Kier alpha value is -4.79. The second-order valence-corrected chi connectivity index (χ2v) is 9.63. The third-order valence-corrected chi connectivity index (χ3v) is 6.00. The third-order valence-electron chi connectivity index (χ3n) is 6.00. The molecule has 3 rings (SSSR count). The van der Waals surface area contributed by atoms with E-state index in [1.165, 1.54) is 12.1 Å². The van der Waals surface area contributed by atoms with E-state index in [9.17, 15) is 24.0 Å². The Morgan fingerprint density at radius 1 is 0.780 bits per heavy atom. The lowest BCUT2D eigenvalue weighted by Gasteiger charge is -2.12. The van der Waals surface area contributed by atoms with Gasteiger partial charge in [-0.05, 0) is 80.5 Å². The highest BCUT2D eigenvalue weighted by atomic mass is 16.5. The van der Waals surface area contributed by atoms with Crippen LogP contribution >= 0.6 is 0 Å². The van der Waals surface area contributed by atoms with Crippen LogP contribution in [0.2, 0.25) is 0 Å². The van der Waals surface area contributed by atoms with Gasteiger partial charge in [0.1, 0.15) is 11.3 Å². The van der Waals surface area contributed by atoms with Gasteiger partial charge in [-0.3, -0.25) is 4.79 Å². The van der Waals surface area contributed by atoms with E-state index in [4.69, 9.17) is 18.6 Å². The first kappa shape index (κ1) is 30.7. The fourth-order valence-electron chi connectivity index (χ4n) is 3.90. The van der Waals surface area contributed by atoms with E-state index in [-0.39, 0.29) is 19.0 Å². The highest BCUT2D eigenvalue weighted by molar-refractivity contribution is 6.33. The molecule has 0 fully saturated rings. The average Bonchev–Trinajstić information content (AvgIpc) is 2.93. The van der Waals surface area contributed by atoms with Crippen LogP contribution in [0.3, 0.4) is 0 Å². The molecule has 0 N–H and O–H groups in total. The number of Topliss-reactive ketones (excluding diaryl/α,β-unsaturated/α-hetero) is 1. The standard InChI is InChI=1S/C32H32O9/c1-19(2)29(34)38-14-6-8-22-16-24(9-7-15-39-30(35)20(3)4)28-25(17-22)18-27(32(37)41-28)23-10-12-26(13-11-23)40-31(36)21(5)33/h10-13,16-18H,1,3,6-9,14-15H2,2,4-5H3. The van der Waals surface area contributed by atoms with Crippen molar-refractivity contribution >= 4 is 34.7 Å².